The minimum absolute atomic E-state index is 0.0247. The Morgan fingerprint density at radius 2 is 1.84 bits per heavy atom. The molecule has 5 aromatic rings. The van der Waals surface area contributed by atoms with Crippen molar-refractivity contribution < 1.29 is 18.5 Å². The lowest BCUT2D eigenvalue weighted by atomic mass is 9.96. The van der Waals surface area contributed by atoms with Crippen LogP contribution in [0.15, 0.2) is 71.5 Å². The number of amides is 3. The number of carbonyl (C=O) groups excluding carboxylic acids is 2. The Morgan fingerprint density at radius 1 is 1.05 bits per heavy atom. The van der Waals surface area contributed by atoms with E-state index in [1.54, 1.807) is 41.3 Å². The zero-order valence-corrected chi connectivity index (χ0v) is 20.6. The molecule has 3 N–H and O–H groups in total. The molecule has 1 aliphatic heterocycles. The maximum absolute atomic E-state index is 15.1. The number of nitrogens with zero attached hydrogens (tertiary/aromatic N) is 3. The van der Waals surface area contributed by atoms with E-state index in [1.807, 2.05) is 32.0 Å². The average Bonchev–Trinajstić information content (AvgIpc) is 3.63. The number of anilines is 2. The summed E-state index contributed by atoms with van der Waals surface area (Å²) >= 11 is 0. The van der Waals surface area contributed by atoms with Crippen molar-refractivity contribution in [3.05, 3.63) is 83.9 Å². The average molecular weight is 511 g/mol. The summed E-state index contributed by atoms with van der Waals surface area (Å²) in [5, 5.41) is 17.4. The smallest absolute Gasteiger partial charge is 0.323 e. The van der Waals surface area contributed by atoms with Crippen LogP contribution in [0.25, 0.3) is 33.4 Å². The molecule has 190 valence electrons. The lowest BCUT2D eigenvalue weighted by molar-refractivity contribution is 0.0965. The maximum atomic E-state index is 15.1. The lowest BCUT2D eigenvalue weighted by Gasteiger charge is -2.11. The molecule has 2 aromatic heterocycles. The topological polar surface area (TPSA) is 114 Å². The molecule has 0 fully saturated rings. The minimum atomic E-state index is -0.609. The molecule has 1 aliphatic rings. The van der Waals surface area contributed by atoms with Gasteiger partial charge in [0.25, 0.3) is 5.91 Å². The molecule has 0 spiro atoms. The Balaban J connectivity index is 1.25. The zero-order valence-electron chi connectivity index (χ0n) is 20.6. The van der Waals surface area contributed by atoms with Crippen molar-refractivity contribution in [2.75, 3.05) is 10.6 Å². The van der Waals surface area contributed by atoms with Gasteiger partial charge in [-0.15, -0.1) is 0 Å². The van der Waals surface area contributed by atoms with Crippen molar-refractivity contribution in [3.63, 3.8) is 0 Å². The molecule has 0 aliphatic carbocycles. The number of urea groups is 1. The Labute approximate surface area is 216 Å². The number of rotatable bonds is 5. The Kier molecular flexibility index (Phi) is 5.64. The van der Waals surface area contributed by atoms with Gasteiger partial charge in [0.1, 0.15) is 11.5 Å². The third kappa shape index (κ3) is 4.15. The van der Waals surface area contributed by atoms with Crippen molar-refractivity contribution in [1.29, 1.82) is 0 Å². The zero-order chi connectivity index (χ0) is 26.4. The first kappa shape index (κ1) is 23.4. The van der Waals surface area contributed by atoms with E-state index in [9.17, 15) is 9.59 Å². The highest BCUT2D eigenvalue weighted by Crippen LogP contribution is 2.33. The summed E-state index contributed by atoms with van der Waals surface area (Å²) in [6.45, 7) is 4.36. The summed E-state index contributed by atoms with van der Waals surface area (Å²) in [5.74, 6) is -0.734. The molecule has 3 amide bonds. The number of hydrogen-bond donors (Lipinski definition) is 3. The number of benzene rings is 3. The molecule has 6 rings (SSSR count). The molecule has 38 heavy (non-hydrogen) atoms. The van der Waals surface area contributed by atoms with Gasteiger partial charge in [0, 0.05) is 35.3 Å². The molecule has 0 saturated heterocycles. The largest absolute Gasteiger partial charge is 0.356 e. The fourth-order valence-corrected chi connectivity index (χ4v) is 4.56. The molecule has 3 aromatic carbocycles. The number of aromatic nitrogens is 3. The molecule has 0 radical (unpaired) electrons. The normalized spacial score (nSPS) is 12.6. The second kappa shape index (κ2) is 9.15. The van der Waals surface area contributed by atoms with Crippen LogP contribution in [0, 0.1) is 5.82 Å². The van der Waals surface area contributed by atoms with Crippen LogP contribution in [0.4, 0.5) is 20.6 Å². The van der Waals surface area contributed by atoms with E-state index in [0.29, 0.717) is 34.6 Å². The van der Waals surface area contributed by atoms with E-state index in [4.69, 9.17) is 4.52 Å². The Morgan fingerprint density at radius 3 is 2.66 bits per heavy atom. The van der Waals surface area contributed by atoms with Crippen molar-refractivity contribution in [3.8, 4) is 22.4 Å². The van der Waals surface area contributed by atoms with Crippen LogP contribution in [0.1, 0.15) is 35.8 Å². The molecule has 3 heterocycles. The number of nitrogens with one attached hydrogen (secondary N) is 3. The molecule has 0 atom stereocenters. The van der Waals surface area contributed by atoms with Gasteiger partial charge in [-0.05, 0) is 66.9 Å². The lowest BCUT2D eigenvalue weighted by Crippen LogP contribution is -2.20. The van der Waals surface area contributed by atoms with Gasteiger partial charge in [-0.1, -0.05) is 23.4 Å². The second-order valence-electron chi connectivity index (χ2n) is 9.33. The van der Waals surface area contributed by atoms with Gasteiger partial charge < -0.3 is 20.5 Å². The van der Waals surface area contributed by atoms with E-state index in [-0.39, 0.29) is 17.6 Å². The van der Waals surface area contributed by atoms with Gasteiger partial charge in [-0.3, -0.25) is 9.48 Å². The third-order valence-electron chi connectivity index (χ3n) is 6.51. The van der Waals surface area contributed by atoms with Gasteiger partial charge in [-0.2, -0.15) is 5.10 Å². The summed E-state index contributed by atoms with van der Waals surface area (Å²) in [6, 6.07) is 14.9. The van der Waals surface area contributed by atoms with Gasteiger partial charge in [0.15, 0.2) is 5.58 Å². The predicted molar refractivity (Wildman–Crippen MR) is 141 cm³/mol. The predicted octanol–water partition coefficient (Wildman–Crippen LogP) is 5.97. The van der Waals surface area contributed by atoms with Crippen LogP contribution in [0.3, 0.4) is 0 Å². The SMILES string of the molecule is CC(C)n1cc(NC(=O)Nc2ccc(-c3cccc4c3CNC4=O)cc2F)c(-c2ccc3oncc3c2)n1. The van der Waals surface area contributed by atoms with Crippen molar-refractivity contribution >= 4 is 34.3 Å². The maximum Gasteiger partial charge on any atom is 0.323 e. The standard InChI is InChI=1S/C28H23FN6O3/c1-15(2)35-14-24(26(34-35)17-7-9-25-18(10-17)12-31-38-25)33-28(37)32-23-8-6-16(11-22(23)29)19-4-3-5-20-21(19)13-30-27(20)36/h3-12,14-15H,13H2,1-2H3,(H,30,36)(H2,32,33,37). The Hall–Kier alpha value is -4.99. The second-order valence-corrected chi connectivity index (χ2v) is 9.33. The highest BCUT2D eigenvalue weighted by atomic mass is 19.1. The summed E-state index contributed by atoms with van der Waals surface area (Å²) in [6.07, 6.45) is 3.35. The van der Waals surface area contributed by atoms with Gasteiger partial charge >= 0.3 is 6.03 Å². The molecule has 0 saturated carbocycles. The first-order chi connectivity index (χ1) is 18.4. The van der Waals surface area contributed by atoms with Gasteiger partial charge in [0.05, 0.1) is 17.6 Å². The highest BCUT2D eigenvalue weighted by Gasteiger charge is 2.22. The van der Waals surface area contributed by atoms with Crippen molar-refractivity contribution in [2.45, 2.75) is 26.4 Å². The van der Waals surface area contributed by atoms with E-state index in [2.05, 4.69) is 26.2 Å². The summed E-state index contributed by atoms with van der Waals surface area (Å²) in [7, 11) is 0. The van der Waals surface area contributed by atoms with E-state index >= 15 is 4.39 Å². The van der Waals surface area contributed by atoms with Gasteiger partial charge in [0.2, 0.25) is 0 Å². The summed E-state index contributed by atoms with van der Waals surface area (Å²) in [4.78, 5) is 24.9. The van der Waals surface area contributed by atoms with Crippen LogP contribution in [0.5, 0.6) is 0 Å². The molecule has 9 nitrogen and oxygen atoms in total. The van der Waals surface area contributed by atoms with Crippen LogP contribution in [0.2, 0.25) is 0 Å². The van der Waals surface area contributed by atoms with E-state index < -0.39 is 11.8 Å². The Bertz CT molecular complexity index is 1720. The fourth-order valence-electron chi connectivity index (χ4n) is 4.56. The van der Waals surface area contributed by atoms with Crippen LogP contribution < -0.4 is 16.0 Å². The quantitative estimate of drug-likeness (QED) is 0.270. The van der Waals surface area contributed by atoms with Crippen molar-refractivity contribution in [1.82, 2.24) is 20.3 Å². The van der Waals surface area contributed by atoms with E-state index in [1.165, 1.54) is 12.1 Å². The first-order valence-corrected chi connectivity index (χ1v) is 12.1. The molecule has 10 heteroatoms. The molecule has 0 bridgehead atoms. The monoisotopic (exact) mass is 510 g/mol. The fraction of sp³-hybridized carbons (Fsp3) is 0.143. The molecular formula is C28H23FN6O3. The van der Waals surface area contributed by atoms with Crippen LogP contribution in [-0.2, 0) is 6.54 Å². The number of carbonyl (C=O) groups is 2. The van der Waals surface area contributed by atoms with Gasteiger partial charge in [-0.25, -0.2) is 9.18 Å². The van der Waals surface area contributed by atoms with Crippen molar-refractivity contribution in [2.24, 2.45) is 0 Å². The highest BCUT2D eigenvalue weighted by molar-refractivity contribution is 6.03. The summed E-state index contributed by atoms with van der Waals surface area (Å²) < 4.78 is 22.0. The third-order valence-corrected chi connectivity index (χ3v) is 6.51. The molecular weight excluding hydrogens is 487 g/mol. The number of halogens is 1. The van der Waals surface area contributed by atoms with Crippen LogP contribution >= 0.6 is 0 Å². The number of fused-ring (bicyclic) bond motifs is 2. The van der Waals surface area contributed by atoms with Crippen LogP contribution in [-0.4, -0.2) is 26.9 Å². The summed E-state index contributed by atoms with van der Waals surface area (Å²) in [5.41, 5.74) is 5.28. The number of hydrogen-bond acceptors (Lipinski definition) is 5. The first-order valence-electron chi connectivity index (χ1n) is 12.1. The molecule has 0 unspecified atom stereocenters. The van der Waals surface area contributed by atoms with E-state index in [0.717, 1.165) is 22.1 Å². The minimum Gasteiger partial charge on any atom is -0.356 e.